The molecule has 0 aliphatic carbocycles. The summed E-state index contributed by atoms with van der Waals surface area (Å²) in [4.78, 5) is 26.2. The standard InChI is InChI=1S/C25H21ClN2O4/c1-31-23-14-19(9-12-22(23)32-16-18-7-10-20(26)11-8-18)13-21-24(29)28(25(30)27-21)15-17-5-3-2-4-6-17/h2-14H,15-16H2,1H3,(H,27,30)/b21-13+. The molecule has 0 unspecified atom stereocenters. The topological polar surface area (TPSA) is 67.9 Å². The predicted molar refractivity (Wildman–Crippen MR) is 122 cm³/mol. The van der Waals surface area contributed by atoms with Gasteiger partial charge in [-0.15, -0.1) is 0 Å². The van der Waals surface area contributed by atoms with Gasteiger partial charge in [0.15, 0.2) is 11.5 Å². The van der Waals surface area contributed by atoms with E-state index in [1.165, 1.54) is 4.90 Å². The predicted octanol–water partition coefficient (Wildman–Crippen LogP) is 5.02. The van der Waals surface area contributed by atoms with E-state index in [1.54, 1.807) is 43.5 Å². The molecule has 0 spiro atoms. The molecule has 3 amide bonds. The number of nitrogens with one attached hydrogen (secondary N) is 1. The van der Waals surface area contributed by atoms with Crippen LogP contribution in [0.3, 0.4) is 0 Å². The van der Waals surface area contributed by atoms with Gasteiger partial charge in [0.1, 0.15) is 12.3 Å². The smallest absolute Gasteiger partial charge is 0.329 e. The van der Waals surface area contributed by atoms with Crippen molar-refractivity contribution in [1.29, 1.82) is 0 Å². The van der Waals surface area contributed by atoms with Gasteiger partial charge in [-0.3, -0.25) is 9.69 Å². The Morgan fingerprint density at radius 1 is 0.938 bits per heavy atom. The zero-order valence-corrected chi connectivity index (χ0v) is 18.1. The maximum absolute atomic E-state index is 12.7. The van der Waals surface area contributed by atoms with Gasteiger partial charge < -0.3 is 14.8 Å². The van der Waals surface area contributed by atoms with Crippen LogP contribution in [0.2, 0.25) is 5.02 Å². The Labute approximate surface area is 191 Å². The molecule has 0 aromatic heterocycles. The van der Waals surface area contributed by atoms with Gasteiger partial charge in [0.05, 0.1) is 13.7 Å². The molecule has 1 aliphatic rings. The van der Waals surface area contributed by atoms with E-state index in [9.17, 15) is 9.59 Å². The maximum Gasteiger partial charge on any atom is 0.329 e. The van der Waals surface area contributed by atoms with E-state index >= 15 is 0 Å². The minimum absolute atomic E-state index is 0.211. The normalized spacial score (nSPS) is 14.6. The first-order chi connectivity index (χ1) is 15.5. The van der Waals surface area contributed by atoms with Gasteiger partial charge in [-0.25, -0.2) is 4.79 Å². The molecule has 1 fully saturated rings. The van der Waals surface area contributed by atoms with E-state index in [0.29, 0.717) is 28.7 Å². The Bertz CT molecular complexity index is 1160. The second kappa shape index (κ2) is 9.58. The van der Waals surface area contributed by atoms with E-state index < -0.39 is 6.03 Å². The van der Waals surface area contributed by atoms with E-state index in [-0.39, 0.29) is 18.1 Å². The van der Waals surface area contributed by atoms with Crippen molar-refractivity contribution in [3.63, 3.8) is 0 Å². The summed E-state index contributed by atoms with van der Waals surface area (Å²) in [6.45, 7) is 0.570. The van der Waals surface area contributed by atoms with Crippen LogP contribution in [0.25, 0.3) is 6.08 Å². The highest BCUT2D eigenvalue weighted by Gasteiger charge is 2.33. The highest BCUT2D eigenvalue weighted by molar-refractivity contribution is 6.30. The minimum Gasteiger partial charge on any atom is -0.493 e. The lowest BCUT2D eigenvalue weighted by molar-refractivity contribution is -0.123. The number of rotatable bonds is 7. The van der Waals surface area contributed by atoms with E-state index in [4.69, 9.17) is 21.1 Å². The van der Waals surface area contributed by atoms with Crippen LogP contribution in [0.1, 0.15) is 16.7 Å². The summed E-state index contributed by atoms with van der Waals surface area (Å²) in [5.74, 6) is 0.712. The van der Waals surface area contributed by atoms with Gasteiger partial charge in [-0.2, -0.15) is 0 Å². The number of halogens is 1. The summed E-state index contributed by atoms with van der Waals surface area (Å²) in [7, 11) is 1.55. The zero-order chi connectivity index (χ0) is 22.5. The second-order valence-corrected chi connectivity index (χ2v) is 7.63. The molecule has 1 N–H and O–H groups in total. The zero-order valence-electron chi connectivity index (χ0n) is 17.4. The van der Waals surface area contributed by atoms with Gasteiger partial charge in [0.2, 0.25) is 0 Å². The van der Waals surface area contributed by atoms with Crippen molar-refractivity contribution in [3.05, 3.63) is 100 Å². The average Bonchev–Trinajstić information content (AvgIpc) is 3.07. The van der Waals surface area contributed by atoms with Gasteiger partial charge in [-0.1, -0.05) is 60.1 Å². The first kappa shape index (κ1) is 21.5. The van der Waals surface area contributed by atoms with Crippen molar-refractivity contribution >= 4 is 29.6 Å². The number of hydrogen-bond acceptors (Lipinski definition) is 4. The number of amides is 3. The summed E-state index contributed by atoms with van der Waals surface area (Å²) in [5, 5.41) is 3.31. The fraction of sp³-hybridized carbons (Fsp3) is 0.120. The molecule has 6 nitrogen and oxygen atoms in total. The quantitative estimate of drug-likeness (QED) is 0.407. The molecule has 0 bridgehead atoms. The minimum atomic E-state index is -0.444. The van der Waals surface area contributed by atoms with Crippen LogP contribution in [0.5, 0.6) is 11.5 Å². The molecule has 32 heavy (non-hydrogen) atoms. The van der Waals surface area contributed by atoms with Crippen molar-refractivity contribution < 1.29 is 19.1 Å². The van der Waals surface area contributed by atoms with Crippen molar-refractivity contribution in [2.45, 2.75) is 13.2 Å². The van der Waals surface area contributed by atoms with Crippen LogP contribution in [-0.4, -0.2) is 23.9 Å². The number of ether oxygens (including phenoxy) is 2. The van der Waals surface area contributed by atoms with E-state index in [2.05, 4.69) is 5.32 Å². The highest BCUT2D eigenvalue weighted by Crippen LogP contribution is 2.30. The Balaban J connectivity index is 1.48. The lowest BCUT2D eigenvalue weighted by Gasteiger charge is -2.12. The summed E-state index contributed by atoms with van der Waals surface area (Å²) in [6.07, 6.45) is 1.62. The SMILES string of the molecule is COc1cc(/C=C2/NC(=O)N(Cc3ccccc3)C2=O)ccc1OCc1ccc(Cl)cc1. The van der Waals surface area contributed by atoms with Crippen LogP contribution in [-0.2, 0) is 17.9 Å². The Hall–Kier alpha value is -3.77. The molecule has 1 heterocycles. The second-order valence-electron chi connectivity index (χ2n) is 7.19. The van der Waals surface area contributed by atoms with E-state index in [0.717, 1.165) is 11.1 Å². The molecule has 0 saturated carbocycles. The summed E-state index contributed by atoms with van der Waals surface area (Å²) in [5.41, 5.74) is 2.76. The maximum atomic E-state index is 12.7. The van der Waals surface area contributed by atoms with Crippen molar-refractivity contribution in [2.75, 3.05) is 7.11 Å². The Kier molecular flexibility index (Phi) is 6.42. The number of benzene rings is 3. The van der Waals surface area contributed by atoms with Crippen LogP contribution >= 0.6 is 11.6 Å². The lowest BCUT2D eigenvalue weighted by atomic mass is 10.1. The molecular formula is C25H21ClN2O4. The molecule has 7 heteroatoms. The fourth-order valence-electron chi connectivity index (χ4n) is 3.28. The Morgan fingerprint density at radius 2 is 1.69 bits per heavy atom. The van der Waals surface area contributed by atoms with Crippen LogP contribution in [0.15, 0.2) is 78.5 Å². The van der Waals surface area contributed by atoms with Gasteiger partial charge in [-0.05, 0) is 47.0 Å². The molecular weight excluding hydrogens is 428 g/mol. The average molecular weight is 449 g/mol. The van der Waals surface area contributed by atoms with Crippen LogP contribution < -0.4 is 14.8 Å². The number of hydrogen-bond donors (Lipinski definition) is 1. The van der Waals surface area contributed by atoms with Crippen molar-refractivity contribution in [3.8, 4) is 11.5 Å². The van der Waals surface area contributed by atoms with Crippen LogP contribution in [0, 0.1) is 0 Å². The number of nitrogens with zero attached hydrogens (tertiary/aromatic N) is 1. The third-order valence-electron chi connectivity index (χ3n) is 4.95. The molecule has 162 valence electrons. The van der Waals surface area contributed by atoms with Gasteiger partial charge in [0, 0.05) is 5.02 Å². The molecule has 0 atom stereocenters. The third-order valence-corrected chi connectivity index (χ3v) is 5.20. The molecule has 0 radical (unpaired) electrons. The monoisotopic (exact) mass is 448 g/mol. The third kappa shape index (κ3) is 4.92. The summed E-state index contributed by atoms with van der Waals surface area (Å²) in [6, 6.07) is 21.6. The summed E-state index contributed by atoms with van der Waals surface area (Å²) < 4.78 is 11.3. The van der Waals surface area contributed by atoms with Crippen LogP contribution in [0.4, 0.5) is 4.79 Å². The highest BCUT2D eigenvalue weighted by atomic mass is 35.5. The van der Waals surface area contributed by atoms with E-state index in [1.807, 2.05) is 42.5 Å². The first-order valence-corrected chi connectivity index (χ1v) is 10.3. The number of imide groups is 1. The Morgan fingerprint density at radius 3 is 2.41 bits per heavy atom. The molecule has 1 aliphatic heterocycles. The molecule has 3 aromatic carbocycles. The van der Waals surface area contributed by atoms with Gasteiger partial charge in [0.25, 0.3) is 5.91 Å². The number of urea groups is 1. The van der Waals surface area contributed by atoms with Gasteiger partial charge >= 0.3 is 6.03 Å². The number of carbonyl (C=O) groups excluding carboxylic acids is 2. The number of carbonyl (C=O) groups is 2. The molecule has 4 rings (SSSR count). The fourth-order valence-corrected chi connectivity index (χ4v) is 3.41. The first-order valence-electron chi connectivity index (χ1n) is 9.97. The molecule has 3 aromatic rings. The lowest BCUT2D eigenvalue weighted by Crippen LogP contribution is -2.30. The largest absolute Gasteiger partial charge is 0.493 e. The molecule has 1 saturated heterocycles. The van der Waals surface area contributed by atoms with Crippen molar-refractivity contribution in [1.82, 2.24) is 10.2 Å². The summed E-state index contributed by atoms with van der Waals surface area (Å²) >= 11 is 5.91. The number of methoxy groups -OCH3 is 1. The van der Waals surface area contributed by atoms with Crippen molar-refractivity contribution in [2.24, 2.45) is 0 Å².